The standard InChI is InChI=1S/C22H24N6O2/c1-3-15-8-14(9-16(4-2)19(15)29)12-25-21-18(20(24)30)22(28-27-21)26-17-7-5-6-13(10-17)11-23/h5-10,29H,3-4,12H2,1-2H3,(H2,24,30)(H3,25,26,27,28). The number of aromatic amines is 1. The molecule has 30 heavy (non-hydrogen) atoms. The Kier molecular flexibility index (Phi) is 6.23. The molecule has 0 spiro atoms. The molecule has 0 atom stereocenters. The summed E-state index contributed by atoms with van der Waals surface area (Å²) < 4.78 is 0. The van der Waals surface area contributed by atoms with Crippen LogP contribution in [0.3, 0.4) is 0 Å². The highest BCUT2D eigenvalue weighted by molar-refractivity contribution is 6.03. The van der Waals surface area contributed by atoms with Crippen LogP contribution in [0.4, 0.5) is 17.3 Å². The van der Waals surface area contributed by atoms with Crippen molar-refractivity contribution in [1.82, 2.24) is 10.2 Å². The third kappa shape index (κ3) is 4.36. The molecule has 3 aromatic rings. The van der Waals surface area contributed by atoms with Gasteiger partial charge in [0.25, 0.3) is 5.91 Å². The van der Waals surface area contributed by atoms with Crippen LogP contribution >= 0.6 is 0 Å². The van der Waals surface area contributed by atoms with E-state index in [9.17, 15) is 9.90 Å². The van der Waals surface area contributed by atoms with Gasteiger partial charge in [0.15, 0.2) is 5.82 Å². The van der Waals surface area contributed by atoms with Crippen molar-refractivity contribution in [2.24, 2.45) is 5.73 Å². The average Bonchev–Trinajstić information content (AvgIpc) is 3.15. The van der Waals surface area contributed by atoms with Crippen molar-refractivity contribution in [2.75, 3.05) is 10.6 Å². The van der Waals surface area contributed by atoms with Gasteiger partial charge in [-0.3, -0.25) is 9.89 Å². The van der Waals surface area contributed by atoms with Crippen LogP contribution in [-0.4, -0.2) is 21.2 Å². The largest absolute Gasteiger partial charge is 0.507 e. The Morgan fingerprint density at radius 1 is 1.23 bits per heavy atom. The number of aryl methyl sites for hydroxylation is 2. The van der Waals surface area contributed by atoms with Crippen molar-refractivity contribution in [3.63, 3.8) is 0 Å². The molecule has 8 heteroatoms. The molecule has 0 aliphatic carbocycles. The normalized spacial score (nSPS) is 10.4. The molecule has 8 nitrogen and oxygen atoms in total. The number of nitrogens with one attached hydrogen (secondary N) is 3. The van der Waals surface area contributed by atoms with Crippen molar-refractivity contribution in [3.05, 3.63) is 64.2 Å². The van der Waals surface area contributed by atoms with Crippen LogP contribution in [0, 0.1) is 11.3 Å². The quantitative estimate of drug-likeness (QED) is 0.389. The Balaban J connectivity index is 1.84. The van der Waals surface area contributed by atoms with E-state index in [1.165, 1.54) is 0 Å². The maximum absolute atomic E-state index is 12.1. The Morgan fingerprint density at radius 3 is 2.53 bits per heavy atom. The molecule has 0 saturated carbocycles. The van der Waals surface area contributed by atoms with E-state index >= 15 is 0 Å². The third-order valence-corrected chi connectivity index (χ3v) is 4.82. The Bertz CT molecular complexity index is 1090. The number of hydrogen-bond acceptors (Lipinski definition) is 6. The zero-order chi connectivity index (χ0) is 21.7. The minimum atomic E-state index is -0.639. The molecule has 1 amide bonds. The lowest BCUT2D eigenvalue weighted by molar-refractivity contribution is 0.100. The molecular weight excluding hydrogens is 380 g/mol. The van der Waals surface area contributed by atoms with Crippen LogP contribution in [0.1, 0.15) is 46.5 Å². The number of nitrogens with zero attached hydrogens (tertiary/aromatic N) is 2. The van der Waals surface area contributed by atoms with Crippen LogP contribution in [-0.2, 0) is 19.4 Å². The fraction of sp³-hybridized carbons (Fsp3) is 0.227. The Morgan fingerprint density at radius 2 is 1.93 bits per heavy atom. The molecular formula is C22H24N6O2. The highest BCUT2D eigenvalue weighted by Crippen LogP contribution is 2.28. The molecule has 0 bridgehead atoms. The SMILES string of the molecule is CCc1cc(CNc2n[nH]c(Nc3cccc(C#N)c3)c2C(N)=O)cc(CC)c1O. The van der Waals surface area contributed by atoms with Crippen LogP contribution in [0.15, 0.2) is 36.4 Å². The minimum absolute atomic E-state index is 0.197. The third-order valence-electron chi connectivity index (χ3n) is 4.82. The molecule has 0 fully saturated rings. The predicted molar refractivity (Wildman–Crippen MR) is 116 cm³/mol. The molecule has 1 aromatic heterocycles. The molecule has 1 heterocycles. The molecule has 3 rings (SSSR count). The average molecular weight is 404 g/mol. The lowest BCUT2D eigenvalue weighted by Gasteiger charge is -2.12. The van der Waals surface area contributed by atoms with E-state index in [-0.39, 0.29) is 5.56 Å². The molecule has 2 aromatic carbocycles. The van der Waals surface area contributed by atoms with Gasteiger partial charge in [-0.25, -0.2) is 0 Å². The summed E-state index contributed by atoms with van der Waals surface area (Å²) in [6, 6.07) is 12.8. The number of anilines is 3. The second-order valence-corrected chi connectivity index (χ2v) is 6.83. The summed E-state index contributed by atoms with van der Waals surface area (Å²) in [5, 5.41) is 32.5. The van der Waals surface area contributed by atoms with Gasteiger partial charge in [0.05, 0.1) is 11.6 Å². The van der Waals surface area contributed by atoms with Gasteiger partial charge in [0.1, 0.15) is 17.1 Å². The first-order chi connectivity index (χ1) is 14.5. The van der Waals surface area contributed by atoms with E-state index in [0.29, 0.717) is 35.2 Å². The van der Waals surface area contributed by atoms with Gasteiger partial charge < -0.3 is 21.5 Å². The van der Waals surface area contributed by atoms with Crippen LogP contribution < -0.4 is 16.4 Å². The van der Waals surface area contributed by atoms with Gasteiger partial charge in [-0.1, -0.05) is 32.0 Å². The monoisotopic (exact) mass is 404 g/mol. The number of rotatable bonds is 8. The van der Waals surface area contributed by atoms with E-state index in [1.807, 2.05) is 26.0 Å². The number of amides is 1. The predicted octanol–water partition coefficient (Wildman–Crippen LogP) is 3.57. The van der Waals surface area contributed by atoms with Gasteiger partial charge in [0, 0.05) is 12.2 Å². The van der Waals surface area contributed by atoms with Crippen molar-refractivity contribution >= 4 is 23.2 Å². The maximum Gasteiger partial charge on any atom is 0.256 e. The second-order valence-electron chi connectivity index (χ2n) is 6.83. The van der Waals surface area contributed by atoms with E-state index in [2.05, 4.69) is 26.9 Å². The number of aromatic nitrogens is 2. The van der Waals surface area contributed by atoms with Crippen molar-refractivity contribution in [2.45, 2.75) is 33.2 Å². The number of phenols is 1. The van der Waals surface area contributed by atoms with Gasteiger partial charge in [-0.05, 0) is 47.7 Å². The number of phenolic OH excluding ortho intramolecular Hbond substituents is 1. The number of hydrogen-bond donors (Lipinski definition) is 5. The first-order valence-corrected chi connectivity index (χ1v) is 9.69. The molecule has 6 N–H and O–H groups in total. The maximum atomic E-state index is 12.1. The summed E-state index contributed by atoms with van der Waals surface area (Å²) in [5.41, 5.74) is 9.63. The number of carbonyl (C=O) groups is 1. The van der Waals surface area contributed by atoms with E-state index in [4.69, 9.17) is 11.0 Å². The smallest absolute Gasteiger partial charge is 0.256 e. The number of primary amides is 1. The number of benzene rings is 2. The van der Waals surface area contributed by atoms with Crippen LogP contribution in [0.25, 0.3) is 0 Å². The van der Waals surface area contributed by atoms with Crippen molar-refractivity contribution in [3.8, 4) is 11.8 Å². The topological polar surface area (TPSA) is 140 Å². The van der Waals surface area contributed by atoms with E-state index < -0.39 is 5.91 Å². The zero-order valence-corrected chi connectivity index (χ0v) is 16.9. The van der Waals surface area contributed by atoms with Crippen LogP contribution in [0.5, 0.6) is 5.75 Å². The fourth-order valence-electron chi connectivity index (χ4n) is 3.27. The summed E-state index contributed by atoms with van der Waals surface area (Å²) in [4.78, 5) is 12.1. The molecule has 0 radical (unpaired) electrons. The van der Waals surface area contributed by atoms with Crippen LogP contribution in [0.2, 0.25) is 0 Å². The van der Waals surface area contributed by atoms with Crippen molar-refractivity contribution < 1.29 is 9.90 Å². The summed E-state index contributed by atoms with van der Waals surface area (Å²) in [6.45, 7) is 4.39. The highest BCUT2D eigenvalue weighted by atomic mass is 16.3. The molecule has 154 valence electrons. The van der Waals surface area contributed by atoms with E-state index in [1.54, 1.807) is 24.3 Å². The van der Waals surface area contributed by atoms with Gasteiger partial charge in [-0.15, -0.1) is 0 Å². The number of H-pyrrole nitrogens is 1. The summed E-state index contributed by atoms with van der Waals surface area (Å²) in [5.74, 6) is 0.367. The highest BCUT2D eigenvalue weighted by Gasteiger charge is 2.19. The number of nitriles is 1. The van der Waals surface area contributed by atoms with Gasteiger partial charge in [-0.2, -0.15) is 10.4 Å². The van der Waals surface area contributed by atoms with Gasteiger partial charge in [0.2, 0.25) is 0 Å². The molecule has 0 saturated heterocycles. The van der Waals surface area contributed by atoms with Gasteiger partial charge >= 0.3 is 0 Å². The summed E-state index contributed by atoms with van der Waals surface area (Å²) >= 11 is 0. The number of carbonyl (C=O) groups excluding carboxylic acids is 1. The first-order valence-electron chi connectivity index (χ1n) is 9.69. The Labute approximate surface area is 174 Å². The zero-order valence-electron chi connectivity index (χ0n) is 16.9. The Hall–Kier alpha value is -3.99. The number of nitrogens with two attached hydrogens (primary N) is 1. The van der Waals surface area contributed by atoms with E-state index in [0.717, 1.165) is 29.5 Å². The summed E-state index contributed by atoms with van der Waals surface area (Å²) in [6.07, 6.45) is 1.44. The van der Waals surface area contributed by atoms with Crippen molar-refractivity contribution in [1.29, 1.82) is 5.26 Å². The molecule has 0 aliphatic rings. The number of aromatic hydroxyl groups is 1. The summed E-state index contributed by atoms with van der Waals surface area (Å²) in [7, 11) is 0. The second kappa shape index (κ2) is 9.01. The lowest BCUT2D eigenvalue weighted by atomic mass is 10.0. The fourth-order valence-corrected chi connectivity index (χ4v) is 3.27. The lowest BCUT2D eigenvalue weighted by Crippen LogP contribution is -2.15. The molecule has 0 aliphatic heterocycles. The molecule has 0 unspecified atom stereocenters. The minimum Gasteiger partial charge on any atom is -0.507 e. The first kappa shape index (κ1) is 20.7.